The molecule has 40 heavy (non-hydrogen) atoms. The summed E-state index contributed by atoms with van der Waals surface area (Å²) in [7, 11) is 3.86. The van der Waals surface area contributed by atoms with Gasteiger partial charge >= 0.3 is 6.03 Å². The zero-order valence-corrected chi connectivity index (χ0v) is 23.4. The Morgan fingerprint density at radius 3 is 2.65 bits per heavy atom. The summed E-state index contributed by atoms with van der Waals surface area (Å²) in [5.41, 5.74) is 2.56. The van der Waals surface area contributed by atoms with Gasteiger partial charge in [-0.3, -0.25) is 4.79 Å². The second kappa shape index (κ2) is 14.0. The Kier molecular flexibility index (Phi) is 10.2. The van der Waals surface area contributed by atoms with E-state index in [1.54, 1.807) is 11.7 Å². The summed E-state index contributed by atoms with van der Waals surface area (Å²) in [6.07, 6.45) is 4.74. The van der Waals surface area contributed by atoms with Crippen molar-refractivity contribution in [3.63, 3.8) is 0 Å². The molecule has 3 unspecified atom stereocenters. The summed E-state index contributed by atoms with van der Waals surface area (Å²) >= 11 is 0. The maximum atomic E-state index is 13.2. The highest BCUT2D eigenvalue weighted by Crippen LogP contribution is 2.27. The molecule has 1 saturated carbocycles. The van der Waals surface area contributed by atoms with E-state index in [9.17, 15) is 14.0 Å². The number of carbonyl (C=O) groups is 2. The van der Waals surface area contributed by atoms with Gasteiger partial charge in [-0.25, -0.2) is 13.9 Å². The second-order valence-electron chi connectivity index (χ2n) is 10.6. The summed E-state index contributed by atoms with van der Waals surface area (Å²) in [4.78, 5) is 27.5. The lowest BCUT2D eigenvalue weighted by Crippen LogP contribution is -2.53. The molecule has 0 saturated heterocycles. The van der Waals surface area contributed by atoms with E-state index < -0.39 is 0 Å². The lowest BCUT2D eigenvalue weighted by Gasteiger charge is -2.38. The van der Waals surface area contributed by atoms with Gasteiger partial charge in [-0.1, -0.05) is 31.2 Å². The molecule has 0 spiro atoms. The lowest BCUT2D eigenvalue weighted by atomic mass is 9.81. The molecule has 0 bridgehead atoms. The maximum absolute atomic E-state index is 13.2. The Balaban J connectivity index is 1.35. The number of halogens is 1. The van der Waals surface area contributed by atoms with Crippen LogP contribution in [0.15, 0.2) is 48.5 Å². The van der Waals surface area contributed by atoms with Crippen LogP contribution >= 0.6 is 0 Å². The number of benzene rings is 2. The number of hydrogen-bond donors (Lipinski definition) is 3. The van der Waals surface area contributed by atoms with Gasteiger partial charge in [-0.05, 0) is 91.9 Å². The third-order valence-corrected chi connectivity index (χ3v) is 7.46. The molecule has 3 aromatic rings. The molecule has 1 aliphatic carbocycles. The topological polar surface area (TPSA) is 117 Å². The Morgan fingerprint density at radius 2 is 1.93 bits per heavy atom. The lowest BCUT2D eigenvalue weighted by molar-refractivity contribution is -0.121. The van der Waals surface area contributed by atoms with Gasteiger partial charge in [-0.15, -0.1) is 5.10 Å². The quantitative estimate of drug-likeness (QED) is 0.335. The van der Waals surface area contributed by atoms with Crippen molar-refractivity contribution in [3.8, 4) is 11.4 Å². The first-order valence-electron chi connectivity index (χ1n) is 13.9. The molecule has 3 atom stereocenters. The van der Waals surface area contributed by atoms with Gasteiger partial charge < -0.3 is 20.9 Å². The fraction of sp³-hybridized carbons (Fsp3) is 0.483. The van der Waals surface area contributed by atoms with Crippen molar-refractivity contribution < 1.29 is 14.0 Å². The number of carbonyl (C=O) groups excluding carboxylic acids is 2. The van der Waals surface area contributed by atoms with E-state index >= 15 is 0 Å². The number of tetrazole rings is 1. The third-order valence-electron chi connectivity index (χ3n) is 7.46. The molecule has 1 aliphatic rings. The molecule has 1 aromatic heterocycles. The fourth-order valence-corrected chi connectivity index (χ4v) is 5.33. The molecular weight excluding hydrogens is 511 g/mol. The van der Waals surface area contributed by atoms with Crippen LogP contribution in [0.5, 0.6) is 0 Å². The zero-order valence-electron chi connectivity index (χ0n) is 23.4. The maximum Gasteiger partial charge on any atom is 0.319 e. The number of anilines is 1. The Morgan fingerprint density at radius 1 is 1.12 bits per heavy atom. The molecule has 0 aliphatic heterocycles. The Labute approximate surface area is 234 Å². The number of nitrogens with one attached hydrogen (secondary N) is 3. The number of aryl methyl sites for hydroxylation is 2. The van der Waals surface area contributed by atoms with Gasteiger partial charge in [0, 0.05) is 43.3 Å². The van der Waals surface area contributed by atoms with Crippen molar-refractivity contribution in [1.82, 2.24) is 35.7 Å². The molecule has 2 aromatic carbocycles. The fourth-order valence-electron chi connectivity index (χ4n) is 5.33. The molecule has 3 N–H and O–H groups in total. The predicted octanol–water partition coefficient (Wildman–Crippen LogP) is 3.77. The summed E-state index contributed by atoms with van der Waals surface area (Å²) in [6.45, 7) is 3.57. The van der Waals surface area contributed by atoms with E-state index in [4.69, 9.17) is 0 Å². The number of amides is 3. The smallest absolute Gasteiger partial charge is 0.319 e. The number of urea groups is 1. The highest BCUT2D eigenvalue weighted by Gasteiger charge is 2.33. The van der Waals surface area contributed by atoms with Crippen molar-refractivity contribution in [1.29, 1.82) is 0 Å². The minimum atomic E-state index is -0.287. The molecule has 214 valence electrons. The van der Waals surface area contributed by atoms with Crippen molar-refractivity contribution in [3.05, 3.63) is 59.9 Å². The monoisotopic (exact) mass is 550 g/mol. The highest BCUT2D eigenvalue weighted by atomic mass is 19.1. The molecule has 10 nitrogen and oxygen atoms in total. The van der Waals surface area contributed by atoms with Crippen LogP contribution in [0.4, 0.5) is 14.9 Å². The van der Waals surface area contributed by atoms with Gasteiger partial charge in [-0.2, -0.15) is 0 Å². The van der Waals surface area contributed by atoms with Gasteiger partial charge in [0.1, 0.15) is 5.82 Å². The van der Waals surface area contributed by atoms with E-state index in [1.165, 1.54) is 12.1 Å². The molecule has 0 radical (unpaired) electrons. The van der Waals surface area contributed by atoms with Crippen LogP contribution < -0.4 is 16.0 Å². The molecule has 4 rings (SSSR count). The second-order valence-corrected chi connectivity index (χ2v) is 10.6. The Bertz CT molecular complexity index is 1260. The average Bonchev–Trinajstić information content (AvgIpc) is 3.37. The predicted molar refractivity (Wildman–Crippen MR) is 152 cm³/mol. The van der Waals surface area contributed by atoms with E-state index in [0.717, 1.165) is 49.9 Å². The Hall–Kier alpha value is -3.86. The SMILES string of the molecule is CCC(=O)NC1CCC(CN(C)CCCc2ccc(F)cc2)C(NC(=O)Nc2cccc(-c3nnnn3C)c2)C1. The van der Waals surface area contributed by atoms with Crippen molar-refractivity contribution in [2.45, 2.75) is 57.5 Å². The van der Waals surface area contributed by atoms with Crippen molar-refractivity contribution in [2.24, 2.45) is 13.0 Å². The normalized spacial score (nSPS) is 18.9. The van der Waals surface area contributed by atoms with Gasteiger partial charge in [0.25, 0.3) is 0 Å². The summed E-state index contributed by atoms with van der Waals surface area (Å²) < 4.78 is 14.8. The van der Waals surface area contributed by atoms with E-state index in [1.807, 2.05) is 43.3 Å². The van der Waals surface area contributed by atoms with Crippen LogP contribution in [-0.4, -0.2) is 69.3 Å². The first-order chi connectivity index (χ1) is 19.3. The minimum Gasteiger partial charge on any atom is -0.353 e. The number of rotatable bonds is 11. The zero-order chi connectivity index (χ0) is 28.5. The van der Waals surface area contributed by atoms with Crippen LogP contribution in [0.3, 0.4) is 0 Å². The highest BCUT2D eigenvalue weighted by molar-refractivity contribution is 5.90. The molecule has 3 amide bonds. The van der Waals surface area contributed by atoms with Gasteiger partial charge in [0.05, 0.1) is 0 Å². The van der Waals surface area contributed by atoms with Crippen LogP contribution in [0.2, 0.25) is 0 Å². The van der Waals surface area contributed by atoms with E-state index in [-0.39, 0.29) is 35.8 Å². The van der Waals surface area contributed by atoms with Crippen molar-refractivity contribution >= 4 is 17.6 Å². The molecule has 1 heterocycles. The first kappa shape index (κ1) is 29.1. The van der Waals surface area contributed by atoms with Gasteiger partial charge in [0.2, 0.25) is 5.91 Å². The molecule has 11 heteroatoms. The summed E-state index contributed by atoms with van der Waals surface area (Å²) in [5, 5.41) is 20.8. The first-order valence-corrected chi connectivity index (χ1v) is 13.9. The van der Waals surface area contributed by atoms with Crippen LogP contribution in [-0.2, 0) is 18.3 Å². The van der Waals surface area contributed by atoms with E-state index in [0.29, 0.717) is 24.4 Å². The van der Waals surface area contributed by atoms with E-state index in [2.05, 4.69) is 43.4 Å². The van der Waals surface area contributed by atoms with Crippen molar-refractivity contribution in [2.75, 3.05) is 25.5 Å². The molecule has 1 fully saturated rings. The number of aromatic nitrogens is 4. The third kappa shape index (κ3) is 8.32. The standard InChI is InChI=1S/C29H39FN8O2/c1-4-27(39)31-25-15-12-22(19-37(2)16-6-7-20-10-13-23(30)14-11-20)26(18-25)33-29(40)32-24-9-5-8-21(17-24)28-34-35-36-38(28)3/h5,8-11,13-14,17,22,25-26H,4,6-7,12,15-16,18-19H2,1-3H3,(H,31,39)(H2,32,33,40). The molecular formula is C29H39FN8O2. The summed E-state index contributed by atoms with van der Waals surface area (Å²) in [6, 6.07) is 13.7. The van der Waals surface area contributed by atoms with Gasteiger partial charge in [0.15, 0.2) is 5.82 Å². The van der Waals surface area contributed by atoms with Crippen LogP contribution in [0, 0.1) is 11.7 Å². The number of hydrogen-bond acceptors (Lipinski definition) is 6. The average molecular weight is 551 g/mol. The van der Waals surface area contributed by atoms with Crippen LogP contribution in [0.1, 0.15) is 44.6 Å². The van der Waals surface area contributed by atoms with Crippen LogP contribution in [0.25, 0.3) is 11.4 Å². The number of nitrogens with zero attached hydrogens (tertiary/aromatic N) is 5. The minimum absolute atomic E-state index is 0.0274. The summed E-state index contributed by atoms with van der Waals surface area (Å²) in [5.74, 6) is 0.657. The largest absolute Gasteiger partial charge is 0.353 e.